The molecule has 0 aliphatic carbocycles. The third-order valence-corrected chi connectivity index (χ3v) is 5.08. The lowest BCUT2D eigenvalue weighted by Crippen LogP contribution is -2.12. The number of rotatable bonds is 4. The highest BCUT2D eigenvalue weighted by atomic mass is 35.5. The molecule has 0 bridgehead atoms. The maximum Gasteiger partial charge on any atom is 0.264 e. The number of sulfonamides is 1. The summed E-state index contributed by atoms with van der Waals surface area (Å²) < 4.78 is 44.7. The van der Waals surface area contributed by atoms with Crippen LogP contribution in [-0.2, 0) is 10.0 Å². The second-order valence-electron chi connectivity index (χ2n) is 4.27. The Balaban J connectivity index is 1.87. The van der Waals surface area contributed by atoms with Crippen LogP contribution in [0.25, 0.3) is 11.3 Å². The minimum absolute atomic E-state index is 0.0401. The number of nitrogens with zero attached hydrogens (tertiary/aromatic N) is 1. The summed E-state index contributed by atoms with van der Waals surface area (Å²) in [5.41, 5.74) is 1.33. The first kappa shape index (κ1) is 15.0. The van der Waals surface area contributed by atoms with Crippen LogP contribution >= 0.6 is 22.9 Å². The van der Waals surface area contributed by atoms with Crippen molar-refractivity contribution >= 4 is 38.8 Å². The van der Waals surface area contributed by atoms with E-state index >= 15 is 0 Å². The molecule has 0 spiro atoms. The van der Waals surface area contributed by atoms with E-state index in [0.717, 1.165) is 23.8 Å². The first-order valence-electron chi connectivity index (χ1n) is 5.93. The van der Waals surface area contributed by atoms with Gasteiger partial charge in [-0.25, -0.2) is 17.5 Å². The zero-order valence-electron chi connectivity index (χ0n) is 10.8. The number of nitrogens with one attached hydrogen (secondary N) is 1. The lowest BCUT2D eigenvalue weighted by Gasteiger charge is -2.05. The average molecular weight is 359 g/mol. The van der Waals surface area contributed by atoms with Crippen LogP contribution in [-0.4, -0.2) is 13.6 Å². The van der Waals surface area contributed by atoms with Crippen LogP contribution in [0.5, 0.6) is 0 Å². The summed E-state index contributed by atoms with van der Waals surface area (Å²) in [7, 11) is -3.94. The van der Waals surface area contributed by atoms with Gasteiger partial charge in [0, 0.05) is 17.0 Å². The molecule has 0 aliphatic rings. The Morgan fingerprint density at radius 3 is 2.77 bits per heavy atom. The van der Waals surface area contributed by atoms with Gasteiger partial charge in [-0.15, -0.1) is 0 Å². The van der Waals surface area contributed by atoms with E-state index in [1.807, 2.05) is 16.8 Å². The minimum atomic E-state index is -3.94. The summed E-state index contributed by atoms with van der Waals surface area (Å²) in [6.45, 7) is 0. The fourth-order valence-electron chi connectivity index (χ4n) is 1.70. The van der Waals surface area contributed by atoms with Gasteiger partial charge in [0.05, 0.1) is 9.92 Å². The number of hydrogen-bond donors (Lipinski definition) is 1. The lowest BCUT2D eigenvalue weighted by molar-refractivity contribution is 0.438. The fraction of sp³-hybridized carbons (Fsp3) is 0. The summed E-state index contributed by atoms with van der Waals surface area (Å²) >= 11 is 7.08. The van der Waals surface area contributed by atoms with Crippen molar-refractivity contribution in [1.82, 2.24) is 5.16 Å². The van der Waals surface area contributed by atoms with E-state index in [-0.39, 0.29) is 15.8 Å². The summed E-state index contributed by atoms with van der Waals surface area (Å²) in [6.07, 6.45) is 0. The van der Waals surface area contributed by atoms with Gasteiger partial charge in [-0.3, -0.25) is 0 Å². The van der Waals surface area contributed by atoms with Gasteiger partial charge in [0.2, 0.25) is 5.88 Å². The lowest BCUT2D eigenvalue weighted by atomic mass is 10.2. The van der Waals surface area contributed by atoms with Gasteiger partial charge < -0.3 is 4.52 Å². The molecule has 1 aromatic carbocycles. The van der Waals surface area contributed by atoms with E-state index in [1.54, 1.807) is 0 Å². The van der Waals surface area contributed by atoms with E-state index in [2.05, 4.69) is 9.88 Å². The molecule has 2 heterocycles. The van der Waals surface area contributed by atoms with Crippen LogP contribution in [0, 0.1) is 5.82 Å². The highest BCUT2D eigenvalue weighted by molar-refractivity contribution is 7.92. The van der Waals surface area contributed by atoms with Gasteiger partial charge in [-0.1, -0.05) is 16.8 Å². The largest absolute Gasteiger partial charge is 0.337 e. The van der Waals surface area contributed by atoms with Gasteiger partial charge >= 0.3 is 0 Å². The number of aromatic nitrogens is 1. The van der Waals surface area contributed by atoms with E-state index < -0.39 is 15.8 Å². The summed E-state index contributed by atoms with van der Waals surface area (Å²) in [6, 6.07) is 6.41. The van der Waals surface area contributed by atoms with Crippen LogP contribution in [0.4, 0.5) is 10.3 Å². The van der Waals surface area contributed by atoms with Crippen LogP contribution in [0.2, 0.25) is 5.02 Å². The zero-order chi connectivity index (χ0) is 15.7. The molecule has 114 valence electrons. The summed E-state index contributed by atoms with van der Waals surface area (Å²) in [4.78, 5) is -0.174. The molecular formula is C13H8ClFN2O3S2. The number of benzene rings is 1. The van der Waals surface area contributed by atoms with Crippen molar-refractivity contribution in [3.8, 4) is 11.3 Å². The minimum Gasteiger partial charge on any atom is -0.337 e. The first-order chi connectivity index (χ1) is 10.5. The Bertz CT molecular complexity index is 907. The molecule has 0 saturated carbocycles. The Kier molecular flexibility index (Phi) is 3.90. The normalized spacial score (nSPS) is 11.5. The number of thiophene rings is 1. The number of halogens is 2. The Hall–Kier alpha value is -1.90. The second kappa shape index (κ2) is 5.71. The van der Waals surface area contributed by atoms with Crippen LogP contribution in [0.15, 0.2) is 50.5 Å². The fourth-order valence-corrected chi connectivity index (χ4v) is 3.60. The maximum atomic E-state index is 13.1. The number of anilines is 1. The highest BCUT2D eigenvalue weighted by Crippen LogP contribution is 2.26. The molecular weight excluding hydrogens is 351 g/mol. The molecule has 0 unspecified atom stereocenters. The summed E-state index contributed by atoms with van der Waals surface area (Å²) in [5, 5.41) is 7.23. The summed E-state index contributed by atoms with van der Waals surface area (Å²) in [5.74, 6) is -0.735. The molecule has 0 amide bonds. The molecule has 2 aromatic heterocycles. The maximum absolute atomic E-state index is 13.1. The molecule has 0 radical (unpaired) electrons. The molecule has 0 saturated heterocycles. The SMILES string of the molecule is O=S(=O)(Nc1cc(-c2ccsc2)no1)c1ccc(F)c(Cl)c1. The quantitative estimate of drug-likeness (QED) is 0.765. The van der Waals surface area contributed by atoms with Crippen LogP contribution < -0.4 is 4.72 Å². The highest BCUT2D eigenvalue weighted by Gasteiger charge is 2.18. The van der Waals surface area contributed by atoms with Crippen LogP contribution in [0.1, 0.15) is 0 Å². The molecule has 1 N–H and O–H groups in total. The van der Waals surface area contributed by atoms with Crippen molar-refractivity contribution in [2.24, 2.45) is 0 Å². The van der Waals surface area contributed by atoms with Gasteiger partial charge in [-0.05, 0) is 29.6 Å². The average Bonchev–Trinajstić information content (AvgIpc) is 3.11. The molecule has 0 fully saturated rings. The van der Waals surface area contributed by atoms with Gasteiger partial charge in [0.15, 0.2) is 0 Å². The molecule has 22 heavy (non-hydrogen) atoms. The third-order valence-electron chi connectivity index (χ3n) is 2.76. The van der Waals surface area contributed by atoms with Crippen molar-refractivity contribution in [1.29, 1.82) is 0 Å². The van der Waals surface area contributed by atoms with E-state index in [1.165, 1.54) is 17.4 Å². The number of hydrogen-bond acceptors (Lipinski definition) is 5. The Morgan fingerprint density at radius 1 is 1.27 bits per heavy atom. The van der Waals surface area contributed by atoms with E-state index in [0.29, 0.717) is 5.69 Å². The predicted octanol–water partition coefficient (Wildman–Crippen LogP) is 4.00. The van der Waals surface area contributed by atoms with Gasteiger partial charge in [0.1, 0.15) is 11.5 Å². The van der Waals surface area contributed by atoms with Crippen molar-refractivity contribution in [3.05, 3.63) is 51.9 Å². The van der Waals surface area contributed by atoms with Crippen molar-refractivity contribution < 1.29 is 17.3 Å². The molecule has 3 rings (SSSR count). The molecule has 5 nitrogen and oxygen atoms in total. The van der Waals surface area contributed by atoms with Crippen LogP contribution in [0.3, 0.4) is 0 Å². The smallest absolute Gasteiger partial charge is 0.264 e. The van der Waals surface area contributed by atoms with Gasteiger partial charge in [0.25, 0.3) is 10.0 Å². The van der Waals surface area contributed by atoms with Crippen molar-refractivity contribution in [3.63, 3.8) is 0 Å². The predicted molar refractivity (Wildman–Crippen MR) is 82.0 cm³/mol. The third kappa shape index (κ3) is 2.99. The monoisotopic (exact) mass is 358 g/mol. The first-order valence-corrected chi connectivity index (χ1v) is 8.73. The second-order valence-corrected chi connectivity index (χ2v) is 7.14. The van der Waals surface area contributed by atoms with E-state index in [9.17, 15) is 12.8 Å². The topological polar surface area (TPSA) is 72.2 Å². The molecule has 9 heteroatoms. The van der Waals surface area contributed by atoms with Crippen molar-refractivity contribution in [2.45, 2.75) is 4.90 Å². The molecule has 0 aliphatic heterocycles. The standard InChI is InChI=1S/C13H8ClFN2O3S2/c14-10-5-9(1-2-11(10)15)22(18,19)17-13-6-12(16-20-13)8-3-4-21-7-8/h1-7,17H. The van der Waals surface area contributed by atoms with Crippen molar-refractivity contribution in [2.75, 3.05) is 4.72 Å². The van der Waals surface area contributed by atoms with E-state index in [4.69, 9.17) is 16.1 Å². The Labute approximate surface area is 134 Å². The Morgan fingerprint density at radius 2 is 2.09 bits per heavy atom. The molecule has 0 atom stereocenters. The zero-order valence-corrected chi connectivity index (χ0v) is 13.2. The van der Waals surface area contributed by atoms with Gasteiger partial charge in [-0.2, -0.15) is 11.3 Å². The molecule has 3 aromatic rings.